The number of nitrogens with zero attached hydrogens (tertiary/aromatic N) is 1. The molecule has 1 heterocycles. The first kappa shape index (κ1) is 18.9. The quantitative estimate of drug-likeness (QED) is 0.884. The number of sulfonamides is 1. The van der Waals surface area contributed by atoms with Gasteiger partial charge in [-0.2, -0.15) is 4.31 Å². The second-order valence-electron chi connectivity index (χ2n) is 5.85. The highest BCUT2D eigenvalue weighted by Crippen LogP contribution is 2.24. The molecule has 0 spiro atoms. The van der Waals surface area contributed by atoms with Gasteiger partial charge in [-0.25, -0.2) is 8.42 Å². The molecule has 130 valence electrons. The first-order valence-corrected chi connectivity index (χ1v) is 9.43. The van der Waals surface area contributed by atoms with Crippen molar-refractivity contribution in [3.63, 3.8) is 0 Å². The Labute approximate surface area is 150 Å². The van der Waals surface area contributed by atoms with Crippen LogP contribution in [0.2, 0.25) is 0 Å². The summed E-state index contributed by atoms with van der Waals surface area (Å²) < 4.78 is 27.9. The van der Waals surface area contributed by atoms with Crippen LogP contribution in [0, 0.1) is 0 Å². The smallest absolute Gasteiger partial charge is 0.243 e. The van der Waals surface area contributed by atoms with Crippen molar-refractivity contribution in [2.75, 3.05) is 13.1 Å². The summed E-state index contributed by atoms with van der Waals surface area (Å²) in [4.78, 5) is 0.363. The standard InChI is InChI=1S/C18H22N2O2S.ClH/c21-23(22,18-11-5-2-6-12-18)20(17-10-7-13-19-14-17)15-16-8-3-1-4-9-16;/h1-6,8-9,11-12,17,19H,7,10,13-15H2;1H. The van der Waals surface area contributed by atoms with Crippen LogP contribution in [-0.2, 0) is 16.6 Å². The molecule has 1 fully saturated rings. The molecule has 1 aliphatic rings. The summed E-state index contributed by atoms with van der Waals surface area (Å²) >= 11 is 0. The average Bonchev–Trinajstić information content (AvgIpc) is 2.62. The summed E-state index contributed by atoms with van der Waals surface area (Å²) in [6, 6.07) is 18.5. The van der Waals surface area contributed by atoms with E-state index in [1.54, 1.807) is 28.6 Å². The van der Waals surface area contributed by atoms with E-state index >= 15 is 0 Å². The fourth-order valence-corrected chi connectivity index (χ4v) is 4.64. The van der Waals surface area contributed by atoms with Crippen LogP contribution in [0.4, 0.5) is 0 Å². The van der Waals surface area contributed by atoms with Crippen molar-refractivity contribution in [2.45, 2.75) is 30.3 Å². The van der Waals surface area contributed by atoms with Gasteiger partial charge in [0.2, 0.25) is 10.0 Å². The van der Waals surface area contributed by atoms with Crippen LogP contribution in [0.25, 0.3) is 0 Å². The summed E-state index contributed by atoms with van der Waals surface area (Å²) in [6.45, 7) is 2.07. The molecule has 3 rings (SSSR count). The van der Waals surface area contributed by atoms with Gasteiger partial charge in [-0.15, -0.1) is 12.4 Å². The number of rotatable bonds is 5. The van der Waals surface area contributed by atoms with E-state index in [1.165, 1.54) is 0 Å². The Kier molecular flexibility index (Phi) is 6.80. The molecule has 1 unspecified atom stereocenters. The maximum atomic E-state index is 13.1. The lowest BCUT2D eigenvalue weighted by atomic mass is 10.1. The van der Waals surface area contributed by atoms with Crippen LogP contribution in [-0.4, -0.2) is 31.9 Å². The maximum Gasteiger partial charge on any atom is 0.243 e. The summed E-state index contributed by atoms with van der Waals surface area (Å²) in [7, 11) is -3.51. The largest absolute Gasteiger partial charge is 0.315 e. The van der Waals surface area contributed by atoms with Crippen molar-refractivity contribution in [3.05, 3.63) is 66.2 Å². The van der Waals surface area contributed by atoms with E-state index in [4.69, 9.17) is 0 Å². The van der Waals surface area contributed by atoms with E-state index in [0.29, 0.717) is 18.0 Å². The summed E-state index contributed by atoms with van der Waals surface area (Å²) in [5.74, 6) is 0. The lowest BCUT2D eigenvalue weighted by Gasteiger charge is -2.34. The van der Waals surface area contributed by atoms with Crippen molar-refractivity contribution >= 4 is 22.4 Å². The topological polar surface area (TPSA) is 49.4 Å². The van der Waals surface area contributed by atoms with E-state index in [2.05, 4.69) is 5.32 Å². The minimum absolute atomic E-state index is 0. The molecule has 24 heavy (non-hydrogen) atoms. The number of hydrogen-bond acceptors (Lipinski definition) is 3. The van der Waals surface area contributed by atoms with E-state index in [0.717, 1.165) is 24.9 Å². The zero-order chi connectivity index (χ0) is 16.1. The monoisotopic (exact) mass is 366 g/mol. The fraction of sp³-hybridized carbons (Fsp3) is 0.333. The van der Waals surface area contributed by atoms with Gasteiger partial charge in [0, 0.05) is 19.1 Å². The van der Waals surface area contributed by atoms with Crippen LogP contribution in [0.3, 0.4) is 0 Å². The predicted octanol–water partition coefficient (Wildman–Crippen LogP) is 3.05. The zero-order valence-electron chi connectivity index (χ0n) is 13.5. The van der Waals surface area contributed by atoms with Crippen LogP contribution < -0.4 is 5.32 Å². The van der Waals surface area contributed by atoms with Gasteiger partial charge in [0.1, 0.15) is 0 Å². The van der Waals surface area contributed by atoms with Crippen molar-refractivity contribution in [2.24, 2.45) is 0 Å². The molecule has 0 amide bonds. The van der Waals surface area contributed by atoms with Gasteiger partial charge in [-0.3, -0.25) is 0 Å². The molecule has 1 N–H and O–H groups in total. The molecular formula is C18H23ClN2O2S. The normalized spacial score (nSPS) is 18.1. The van der Waals surface area contributed by atoms with Gasteiger partial charge in [0.25, 0.3) is 0 Å². The number of benzene rings is 2. The molecule has 0 aliphatic carbocycles. The highest BCUT2D eigenvalue weighted by molar-refractivity contribution is 7.89. The van der Waals surface area contributed by atoms with Crippen molar-refractivity contribution in [3.8, 4) is 0 Å². The lowest BCUT2D eigenvalue weighted by molar-refractivity contribution is 0.260. The van der Waals surface area contributed by atoms with E-state index < -0.39 is 10.0 Å². The highest BCUT2D eigenvalue weighted by Gasteiger charge is 2.32. The van der Waals surface area contributed by atoms with Gasteiger partial charge in [-0.05, 0) is 37.1 Å². The number of hydrogen-bond donors (Lipinski definition) is 1. The minimum atomic E-state index is -3.51. The fourth-order valence-electron chi connectivity index (χ4n) is 2.98. The highest BCUT2D eigenvalue weighted by atomic mass is 35.5. The van der Waals surface area contributed by atoms with Gasteiger partial charge in [0.05, 0.1) is 4.90 Å². The van der Waals surface area contributed by atoms with E-state index in [9.17, 15) is 8.42 Å². The van der Waals surface area contributed by atoms with Crippen molar-refractivity contribution in [1.29, 1.82) is 0 Å². The van der Waals surface area contributed by atoms with Gasteiger partial charge in [-0.1, -0.05) is 48.5 Å². The SMILES string of the molecule is Cl.O=S(=O)(c1ccccc1)N(Cc1ccccc1)C1CCCNC1. The molecule has 2 aromatic carbocycles. The maximum absolute atomic E-state index is 13.1. The molecule has 0 saturated carbocycles. The molecule has 6 heteroatoms. The van der Waals surface area contributed by atoms with Gasteiger partial charge >= 0.3 is 0 Å². The predicted molar refractivity (Wildman–Crippen MR) is 98.8 cm³/mol. The average molecular weight is 367 g/mol. The molecule has 0 aromatic heterocycles. The van der Waals surface area contributed by atoms with E-state index in [1.807, 2.05) is 36.4 Å². The molecule has 4 nitrogen and oxygen atoms in total. The Balaban J connectivity index is 0.00000208. The number of nitrogens with one attached hydrogen (secondary N) is 1. The zero-order valence-corrected chi connectivity index (χ0v) is 15.1. The lowest BCUT2D eigenvalue weighted by Crippen LogP contribution is -2.48. The van der Waals surface area contributed by atoms with Gasteiger partial charge < -0.3 is 5.32 Å². The van der Waals surface area contributed by atoms with Crippen molar-refractivity contribution < 1.29 is 8.42 Å². The molecule has 2 aromatic rings. The van der Waals surface area contributed by atoms with Crippen LogP contribution >= 0.6 is 12.4 Å². The second kappa shape index (κ2) is 8.62. The number of piperidine rings is 1. The third-order valence-electron chi connectivity index (χ3n) is 4.21. The van der Waals surface area contributed by atoms with Gasteiger partial charge in [0.15, 0.2) is 0 Å². The van der Waals surface area contributed by atoms with Crippen molar-refractivity contribution in [1.82, 2.24) is 9.62 Å². The summed E-state index contributed by atoms with van der Waals surface area (Å²) in [5.41, 5.74) is 1.01. The van der Waals surface area contributed by atoms with E-state index in [-0.39, 0.29) is 18.4 Å². The van der Waals surface area contributed by atoms with Crippen LogP contribution in [0.5, 0.6) is 0 Å². The molecule has 0 bridgehead atoms. The molecular weight excluding hydrogens is 344 g/mol. The summed E-state index contributed by atoms with van der Waals surface area (Å²) in [5, 5.41) is 3.32. The second-order valence-corrected chi connectivity index (χ2v) is 7.74. The van der Waals surface area contributed by atoms with Crippen LogP contribution in [0.1, 0.15) is 18.4 Å². The Bertz CT molecular complexity index is 717. The number of halogens is 1. The third kappa shape index (κ3) is 4.36. The first-order valence-electron chi connectivity index (χ1n) is 7.99. The Morgan fingerprint density at radius 1 is 1.00 bits per heavy atom. The third-order valence-corrected chi connectivity index (χ3v) is 6.12. The van der Waals surface area contributed by atoms with Crippen LogP contribution in [0.15, 0.2) is 65.6 Å². The molecule has 1 atom stereocenters. The molecule has 1 saturated heterocycles. The molecule has 1 aliphatic heterocycles. The Morgan fingerprint density at radius 2 is 1.62 bits per heavy atom. The molecule has 0 radical (unpaired) electrons. The summed E-state index contributed by atoms with van der Waals surface area (Å²) in [6.07, 6.45) is 1.90. The first-order chi connectivity index (χ1) is 11.2. The Morgan fingerprint density at radius 3 is 2.21 bits per heavy atom. The minimum Gasteiger partial charge on any atom is -0.315 e. The Hall–Kier alpha value is -1.40.